The molecule has 14 heavy (non-hydrogen) atoms. The fourth-order valence-electron chi connectivity index (χ4n) is 1.99. The zero-order chi connectivity index (χ0) is 10.8. The molecular weight excluding hydrogens is 176 g/mol. The van der Waals surface area contributed by atoms with E-state index in [4.69, 9.17) is 5.73 Å². The SMILES string of the molecule is CCC(C)(O)CN1CCC(N)C(C)C1. The molecule has 0 saturated carbocycles. The summed E-state index contributed by atoms with van der Waals surface area (Å²) in [6, 6.07) is 0.345. The first-order valence-electron chi connectivity index (χ1n) is 5.65. The zero-order valence-corrected chi connectivity index (χ0v) is 9.66. The van der Waals surface area contributed by atoms with Gasteiger partial charge in [-0.15, -0.1) is 0 Å². The van der Waals surface area contributed by atoms with Crippen molar-refractivity contribution in [3.63, 3.8) is 0 Å². The lowest BCUT2D eigenvalue weighted by Gasteiger charge is -2.38. The largest absolute Gasteiger partial charge is 0.389 e. The lowest BCUT2D eigenvalue weighted by atomic mass is 9.93. The summed E-state index contributed by atoms with van der Waals surface area (Å²) in [4.78, 5) is 2.33. The first-order valence-corrected chi connectivity index (χ1v) is 5.65. The summed E-state index contributed by atoms with van der Waals surface area (Å²) in [7, 11) is 0. The van der Waals surface area contributed by atoms with Crippen LogP contribution in [0.4, 0.5) is 0 Å². The van der Waals surface area contributed by atoms with Gasteiger partial charge in [-0.1, -0.05) is 13.8 Å². The second-order valence-electron chi connectivity index (χ2n) is 5.02. The van der Waals surface area contributed by atoms with E-state index in [2.05, 4.69) is 11.8 Å². The Morgan fingerprint density at radius 1 is 1.57 bits per heavy atom. The van der Waals surface area contributed by atoms with Gasteiger partial charge in [0.1, 0.15) is 0 Å². The molecule has 3 nitrogen and oxygen atoms in total. The minimum atomic E-state index is -0.541. The third kappa shape index (κ3) is 3.23. The summed E-state index contributed by atoms with van der Waals surface area (Å²) < 4.78 is 0. The van der Waals surface area contributed by atoms with E-state index >= 15 is 0 Å². The molecule has 1 aliphatic rings. The van der Waals surface area contributed by atoms with Crippen molar-refractivity contribution in [1.82, 2.24) is 4.90 Å². The molecular formula is C11H24N2O. The molecule has 1 aliphatic heterocycles. The predicted molar refractivity (Wildman–Crippen MR) is 59.1 cm³/mol. The standard InChI is InChI=1S/C11H24N2O/c1-4-11(3,14)8-13-6-5-10(12)9(2)7-13/h9-10,14H,4-8,12H2,1-3H3. The van der Waals surface area contributed by atoms with Crippen LogP contribution in [0, 0.1) is 5.92 Å². The Morgan fingerprint density at radius 2 is 2.21 bits per heavy atom. The van der Waals surface area contributed by atoms with E-state index in [9.17, 15) is 5.11 Å². The highest BCUT2D eigenvalue weighted by atomic mass is 16.3. The number of aliphatic hydroxyl groups is 1. The predicted octanol–water partition coefficient (Wildman–Crippen LogP) is 0.816. The number of nitrogens with zero attached hydrogens (tertiary/aromatic N) is 1. The van der Waals surface area contributed by atoms with Gasteiger partial charge in [0.25, 0.3) is 0 Å². The Balaban J connectivity index is 2.40. The molecule has 0 aromatic heterocycles. The number of nitrogens with two attached hydrogens (primary N) is 1. The summed E-state index contributed by atoms with van der Waals surface area (Å²) in [5, 5.41) is 9.95. The van der Waals surface area contributed by atoms with Crippen LogP contribution in [0.1, 0.15) is 33.6 Å². The van der Waals surface area contributed by atoms with Crippen molar-refractivity contribution in [2.75, 3.05) is 19.6 Å². The first-order chi connectivity index (χ1) is 6.44. The molecule has 0 aliphatic carbocycles. The molecule has 1 heterocycles. The molecule has 0 amide bonds. The van der Waals surface area contributed by atoms with Gasteiger partial charge in [0, 0.05) is 19.1 Å². The fraction of sp³-hybridized carbons (Fsp3) is 1.00. The van der Waals surface area contributed by atoms with Gasteiger partial charge in [-0.25, -0.2) is 0 Å². The zero-order valence-electron chi connectivity index (χ0n) is 9.66. The summed E-state index contributed by atoms with van der Waals surface area (Å²) in [5.41, 5.74) is 5.41. The molecule has 3 atom stereocenters. The highest BCUT2D eigenvalue weighted by Gasteiger charge is 2.27. The van der Waals surface area contributed by atoms with Crippen molar-refractivity contribution in [1.29, 1.82) is 0 Å². The van der Waals surface area contributed by atoms with E-state index in [1.54, 1.807) is 0 Å². The second-order valence-corrected chi connectivity index (χ2v) is 5.02. The highest BCUT2D eigenvalue weighted by molar-refractivity contribution is 4.84. The average molecular weight is 200 g/mol. The topological polar surface area (TPSA) is 49.5 Å². The van der Waals surface area contributed by atoms with Crippen molar-refractivity contribution in [3.8, 4) is 0 Å². The lowest BCUT2D eigenvalue weighted by molar-refractivity contribution is 0.00300. The average Bonchev–Trinajstić information content (AvgIpc) is 2.11. The molecule has 1 rings (SSSR count). The van der Waals surface area contributed by atoms with Crippen LogP contribution in [0.2, 0.25) is 0 Å². The molecule has 1 fully saturated rings. The third-order valence-electron chi connectivity index (χ3n) is 3.38. The lowest BCUT2D eigenvalue weighted by Crippen LogP contribution is -2.50. The van der Waals surface area contributed by atoms with Gasteiger partial charge >= 0.3 is 0 Å². The number of piperidine rings is 1. The van der Waals surface area contributed by atoms with Crippen molar-refractivity contribution >= 4 is 0 Å². The van der Waals surface area contributed by atoms with Crippen molar-refractivity contribution in [3.05, 3.63) is 0 Å². The van der Waals surface area contributed by atoms with Crippen LogP contribution < -0.4 is 5.73 Å². The maximum Gasteiger partial charge on any atom is 0.0743 e. The molecule has 0 bridgehead atoms. The quantitative estimate of drug-likeness (QED) is 0.709. The molecule has 3 unspecified atom stereocenters. The van der Waals surface area contributed by atoms with Crippen molar-refractivity contribution < 1.29 is 5.11 Å². The molecule has 0 aromatic carbocycles. The number of likely N-dealkylation sites (tertiary alicyclic amines) is 1. The molecule has 3 heteroatoms. The van der Waals surface area contributed by atoms with Crippen LogP contribution in [0.3, 0.4) is 0 Å². The van der Waals surface area contributed by atoms with Gasteiger partial charge in [0.15, 0.2) is 0 Å². The van der Waals surface area contributed by atoms with Crippen LogP contribution in [-0.2, 0) is 0 Å². The summed E-state index contributed by atoms with van der Waals surface area (Å²) in [6.07, 6.45) is 1.87. The van der Waals surface area contributed by atoms with Gasteiger partial charge < -0.3 is 15.7 Å². The Hall–Kier alpha value is -0.120. The minimum Gasteiger partial charge on any atom is -0.389 e. The third-order valence-corrected chi connectivity index (χ3v) is 3.38. The maximum absolute atomic E-state index is 9.95. The Bertz CT molecular complexity index is 182. The number of hydrogen-bond donors (Lipinski definition) is 2. The summed E-state index contributed by atoms with van der Waals surface area (Å²) >= 11 is 0. The Morgan fingerprint density at radius 3 is 2.71 bits per heavy atom. The van der Waals surface area contributed by atoms with Gasteiger partial charge in [0.2, 0.25) is 0 Å². The van der Waals surface area contributed by atoms with Crippen LogP contribution in [0.5, 0.6) is 0 Å². The second kappa shape index (κ2) is 4.60. The Kier molecular flexibility index (Phi) is 3.93. The van der Waals surface area contributed by atoms with Crippen molar-refractivity contribution in [2.24, 2.45) is 11.7 Å². The van der Waals surface area contributed by atoms with Gasteiger partial charge in [0.05, 0.1) is 5.60 Å². The van der Waals surface area contributed by atoms with E-state index in [1.165, 1.54) is 0 Å². The van der Waals surface area contributed by atoms with E-state index in [-0.39, 0.29) is 0 Å². The molecule has 3 N–H and O–H groups in total. The number of rotatable bonds is 3. The Labute approximate surface area is 87.3 Å². The normalized spacial score (nSPS) is 34.1. The maximum atomic E-state index is 9.95. The van der Waals surface area contributed by atoms with Crippen LogP contribution in [-0.4, -0.2) is 41.3 Å². The van der Waals surface area contributed by atoms with E-state index in [0.717, 1.165) is 32.5 Å². The van der Waals surface area contributed by atoms with Crippen LogP contribution in [0.25, 0.3) is 0 Å². The monoisotopic (exact) mass is 200 g/mol. The molecule has 0 aromatic rings. The summed E-state index contributed by atoms with van der Waals surface area (Å²) in [5.74, 6) is 0.552. The van der Waals surface area contributed by atoms with E-state index in [1.807, 2.05) is 13.8 Å². The molecule has 1 saturated heterocycles. The van der Waals surface area contributed by atoms with Crippen molar-refractivity contribution in [2.45, 2.75) is 45.3 Å². The van der Waals surface area contributed by atoms with E-state index < -0.39 is 5.60 Å². The highest BCUT2D eigenvalue weighted by Crippen LogP contribution is 2.18. The molecule has 0 spiro atoms. The number of hydrogen-bond acceptors (Lipinski definition) is 3. The van der Waals surface area contributed by atoms with E-state index in [0.29, 0.717) is 12.0 Å². The smallest absolute Gasteiger partial charge is 0.0743 e. The van der Waals surface area contributed by atoms with Gasteiger partial charge in [-0.3, -0.25) is 0 Å². The molecule has 0 radical (unpaired) electrons. The first kappa shape index (κ1) is 12.0. The van der Waals surface area contributed by atoms with Gasteiger partial charge in [-0.2, -0.15) is 0 Å². The minimum absolute atomic E-state index is 0.345. The summed E-state index contributed by atoms with van der Waals surface area (Å²) in [6.45, 7) is 8.96. The molecule has 84 valence electrons. The van der Waals surface area contributed by atoms with Gasteiger partial charge in [-0.05, 0) is 32.2 Å². The van der Waals surface area contributed by atoms with Crippen LogP contribution >= 0.6 is 0 Å². The van der Waals surface area contributed by atoms with Crippen LogP contribution in [0.15, 0.2) is 0 Å². The number of β-amino-alcohol motifs (C(OH)–C–C–N with tert-alkyl or cyclic N) is 1. The fourth-order valence-corrected chi connectivity index (χ4v) is 1.99.